The fraction of sp³-hybridized carbons (Fsp3) is 0.611. The Morgan fingerprint density at radius 2 is 1.74 bits per heavy atom. The quantitative estimate of drug-likeness (QED) is 0.754. The molecule has 23 heavy (non-hydrogen) atoms. The van der Waals surface area contributed by atoms with Gasteiger partial charge >= 0.3 is 0 Å². The zero-order valence-electron chi connectivity index (χ0n) is 14.8. The molecule has 2 rings (SSSR count). The number of likely N-dealkylation sites (tertiary alicyclic amines) is 1. The third kappa shape index (κ3) is 4.40. The predicted octanol–water partition coefficient (Wildman–Crippen LogP) is 3.79. The van der Waals surface area contributed by atoms with Crippen molar-refractivity contribution in [1.29, 1.82) is 0 Å². The molecule has 1 aromatic carbocycles. The number of hydrogen-bond acceptors (Lipinski definition) is 1. The van der Waals surface area contributed by atoms with E-state index in [1.165, 1.54) is 25.0 Å². The van der Waals surface area contributed by atoms with Gasteiger partial charge in [-0.25, -0.2) is 4.39 Å². The van der Waals surface area contributed by atoms with Crippen LogP contribution in [0, 0.1) is 19.7 Å². The van der Waals surface area contributed by atoms with Crippen LogP contribution in [0.1, 0.15) is 44.2 Å². The van der Waals surface area contributed by atoms with Crippen molar-refractivity contribution in [2.75, 3.05) is 25.0 Å². The number of nitrogens with one attached hydrogen (secondary N) is 1. The third-order valence-electron chi connectivity index (χ3n) is 5.18. The number of likely N-dealkylation sites (N-methyl/N-ethyl adjacent to an activating group) is 1. The topological polar surface area (TPSA) is 29.1 Å². The van der Waals surface area contributed by atoms with E-state index in [2.05, 4.69) is 19.2 Å². The van der Waals surface area contributed by atoms with E-state index in [1.54, 1.807) is 0 Å². The van der Waals surface area contributed by atoms with Gasteiger partial charge in [0.2, 0.25) is 0 Å². The van der Waals surface area contributed by atoms with E-state index in [0.717, 1.165) is 47.4 Å². The molecule has 0 aromatic heterocycles. The summed E-state index contributed by atoms with van der Waals surface area (Å²) >= 11 is 0. The predicted molar refractivity (Wildman–Crippen MR) is 88.4 cm³/mol. The SMILES string of the molecule is CCC(C(=O)Nc1c(C)cc(F)cc1C)[N+]1(CC)CCCC1.[Y]. The minimum Gasteiger partial charge on any atom is -0.320 e. The van der Waals surface area contributed by atoms with Crippen LogP contribution in [-0.4, -0.2) is 36.1 Å². The summed E-state index contributed by atoms with van der Waals surface area (Å²) in [5.41, 5.74) is 2.33. The van der Waals surface area contributed by atoms with Gasteiger partial charge in [-0.2, -0.15) is 0 Å². The molecule has 0 aliphatic carbocycles. The molecule has 0 bridgehead atoms. The number of aryl methyl sites for hydroxylation is 2. The number of carbonyl (C=O) groups excluding carboxylic acids is 1. The molecule has 1 atom stereocenters. The maximum Gasteiger partial charge on any atom is 0.282 e. The largest absolute Gasteiger partial charge is 0.320 e. The fourth-order valence-corrected chi connectivity index (χ4v) is 3.95. The molecule has 1 N–H and O–H groups in total. The van der Waals surface area contributed by atoms with E-state index < -0.39 is 0 Å². The Kier molecular flexibility index (Phi) is 7.83. The van der Waals surface area contributed by atoms with Gasteiger partial charge in [-0.05, 0) is 44.0 Å². The van der Waals surface area contributed by atoms with Gasteiger partial charge < -0.3 is 9.80 Å². The van der Waals surface area contributed by atoms with Crippen LogP contribution >= 0.6 is 0 Å². The first kappa shape index (κ1) is 20.7. The number of amides is 1. The smallest absolute Gasteiger partial charge is 0.282 e. The van der Waals surface area contributed by atoms with Gasteiger partial charge in [-0.3, -0.25) is 4.79 Å². The minimum atomic E-state index is -0.253. The normalized spacial score (nSPS) is 17.4. The summed E-state index contributed by atoms with van der Waals surface area (Å²) in [4.78, 5) is 12.9. The molecule has 1 aliphatic rings. The Balaban J connectivity index is 0.00000264. The zero-order chi connectivity index (χ0) is 16.3. The first-order valence-electron chi connectivity index (χ1n) is 8.37. The van der Waals surface area contributed by atoms with E-state index in [4.69, 9.17) is 0 Å². The van der Waals surface area contributed by atoms with E-state index in [9.17, 15) is 9.18 Å². The van der Waals surface area contributed by atoms with Crippen molar-refractivity contribution in [3.8, 4) is 0 Å². The Labute approximate surface area is 164 Å². The van der Waals surface area contributed by atoms with Gasteiger partial charge in [0.25, 0.3) is 5.91 Å². The summed E-state index contributed by atoms with van der Waals surface area (Å²) in [6, 6.07) is 2.93. The number of rotatable bonds is 5. The zero-order valence-corrected chi connectivity index (χ0v) is 17.6. The number of benzene rings is 1. The standard InChI is InChI=1S/C18H27FN2O.Y/c1-5-16(21(6-2)9-7-8-10-21)18(22)20-17-13(3)11-15(19)12-14(17)4;/h11-12,16H,5-10H2,1-4H3;/p+1. The molecule has 0 saturated carbocycles. The molecular weight excluding hydrogens is 368 g/mol. The summed E-state index contributed by atoms with van der Waals surface area (Å²) in [5.74, 6) is -0.180. The average Bonchev–Trinajstić information content (AvgIpc) is 2.93. The van der Waals surface area contributed by atoms with E-state index >= 15 is 0 Å². The summed E-state index contributed by atoms with van der Waals surface area (Å²) in [6.45, 7) is 11.1. The molecule has 1 saturated heterocycles. The Hall–Kier alpha value is -0.316. The minimum absolute atomic E-state index is 0. The average molecular weight is 396 g/mol. The van der Waals surface area contributed by atoms with Gasteiger partial charge in [0, 0.05) is 57.7 Å². The second-order valence-corrected chi connectivity index (χ2v) is 6.52. The van der Waals surface area contributed by atoms with Crippen molar-refractivity contribution in [2.45, 2.75) is 53.0 Å². The van der Waals surface area contributed by atoms with Crippen molar-refractivity contribution in [3.63, 3.8) is 0 Å². The van der Waals surface area contributed by atoms with Gasteiger partial charge in [-0.1, -0.05) is 6.92 Å². The first-order chi connectivity index (χ1) is 10.4. The third-order valence-corrected chi connectivity index (χ3v) is 5.18. The maximum absolute atomic E-state index is 13.4. The molecule has 1 radical (unpaired) electrons. The molecule has 1 aliphatic heterocycles. The number of halogens is 1. The van der Waals surface area contributed by atoms with Gasteiger partial charge in [0.1, 0.15) is 5.82 Å². The van der Waals surface area contributed by atoms with Crippen molar-refractivity contribution in [3.05, 3.63) is 29.1 Å². The first-order valence-corrected chi connectivity index (χ1v) is 8.37. The molecule has 5 heteroatoms. The summed E-state index contributed by atoms with van der Waals surface area (Å²) in [5, 5.41) is 3.07. The Bertz CT molecular complexity index is 533. The van der Waals surface area contributed by atoms with Crippen molar-refractivity contribution in [2.24, 2.45) is 0 Å². The van der Waals surface area contributed by atoms with Crippen molar-refractivity contribution in [1.82, 2.24) is 0 Å². The second-order valence-electron chi connectivity index (χ2n) is 6.52. The second kappa shape index (κ2) is 8.68. The maximum atomic E-state index is 13.4. The van der Waals surface area contributed by atoms with Crippen LogP contribution < -0.4 is 5.32 Å². The van der Waals surface area contributed by atoms with Crippen LogP contribution in [0.3, 0.4) is 0 Å². The molecule has 1 aromatic rings. The van der Waals surface area contributed by atoms with Gasteiger partial charge in [0.15, 0.2) is 6.04 Å². The number of nitrogens with zero attached hydrogens (tertiary/aromatic N) is 1. The van der Waals surface area contributed by atoms with Crippen LogP contribution in [0.25, 0.3) is 0 Å². The number of quaternary nitrogens is 1. The van der Waals surface area contributed by atoms with E-state index in [1.807, 2.05) is 13.8 Å². The van der Waals surface area contributed by atoms with E-state index in [0.29, 0.717) is 0 Å². The molecule has 1 fully saturated rings. The molecule has 1 heterocycles. The van der Waals surface area contributed by atoms with Gasteiger partial charge in [0.05, 0.1) is 19.6 Å². The summed E-state index contributed by atoms with van der Waals surface area (Å²) in [7, 11) is 0. The molecule has 1 amide bonds. The molecule has 125 valence electrons. The van der Waals surface area contributed by atoms with Crippen LogP contribution in [0.2, 0.25) is 0 Å². The van der Waals surface area contributed by atoms with Crippen molar-refractivity contribution < 1.29 is 46.4 Å². The monoisotopic (exact) mass is 396 g/mol. The number of hydrogen-bond donors (Lipinski definition) is 1. The summed E-state index contributed by atoms with van der Waals surface area (Å²) < 4.78 is 14.3. The molecule has 3 nitrogen and oxygen atoms in total. The summed E-state index contributed by atoms with van der Waals surface area (Å²) in [6.07, 6.45) is 3.23. The number of carbonyl (C=O) groups is 1. The molecule has 0 spiro atoms. The van der Waals surface area contributed by atoms with Crippen LogP contribution in [0.5, 0.6) is 0 Å². The molecule has 1 unspecified atom stereocenters. The number of anilines is 1. The molecular formula is C18H28FN2OY+. The van der Waals surface area contributed by atoms with Crippen LogP contribution in [0.4, 0.5) is 10.1 Å². The van der Waals surface area contributed by atoms with Gasteiger partial charge in [-0.15, -0.1) is 0 Å². The van der Waals surface area contributed by atoms with E-state index in [-0.39, 0.29) is 50.5 Å². The van der Waals surface area contributed by atoms with Crippen LogP contribution in [-0.2, 0) is 37.5 Å². The van der Waals surface area contributed by atoms with Crippen molar-refractivity contribution >= 4 is 11.6 Å². The van der Waals surface area contributed by atoms with Crippen LogP contribution in [0.15, 0.2) is 12.1 Å². The Morgan fingerprint density at radius 3 is 2.17 bits per heavy atom. The Morgan fingerprint density at radius 1 is 1.22 bits per heavy atom. The fourth-order valence-electron chi connectivity index (χ4n) is 3.95.